The first-order valence-electron chi connectivity index (χ1n) is 7.04. The summed E-state index contributed by atoms with van der Waals surface area (Å²) in [5, 5.41) is 3.28. The summed E-state index contributed by atoms with van der Waals surface area (Å²) in [5.74, 6) is -0.0537. The Morgan fingerprint density at radius 1 is 1.12 bits per heavy atom. The van der Waals surface area contributed by atoms with E-state index in [4.69, 9.17) is 12.2 Å². The molecule has 7 heteroatoms. The van der Waals surface area contributed by atoms with Crippen molar-refractivity contribution in [1.29, 1.82) is 0 Å². The van der Waals surface area contributed by atoms with Gasteiger partial charge >= 0.3 is 0 Å². The normalized spacial score (nSPS) is 16.1. The number of hydrogen-bond donors (Lipinski definition) is 1. The van der Waals surface area contributed by atoms with Crippen LogP contribution < -0.4 is 5.32 Å². The number of rotatable bonds is 4. The molecule has 2 aromatic carbocycles. The molecule has 3 nitrogen and oxygen atoms in total. The Balaban J connectivity index is 1.72. The number of thioether (sulfide) groups is 1. The van der Waals surface area contributed by atoms with Crippen molar-refractivity contribution in [3.05, 3.63) is 66.1 Å². The van der Waals surface area contributed by atoms with Crippen molar-refractivity contribution in [3.8, 4) is 0 Å². The molecule has 1 fully saturated rings. The molecule has 0 saturated carbocycles. The highest BCUT2D eigenvalue weighted by Crippen LogP contribution is 2.32. The van der Waals surface area contributed by atoms with Gasteiger partial charge in [0.05, 0.1) is 11.6 Å². The summed E-state index contributed by atoms with van der Waals surface area (Å²) >= 11 is 11.2. The van der Waals surface area contributed by atoms with Gasteiger partial charge in [0, 0.05) is 12.8 Å². The molecule has 2 aromatic rings. The lowest BCUT2D eigenvalue weighted by Gasteiger charge is -2.16. The van der Waals surface area contributed by atoms with E-state index in [2.05, 4.69) is 50.5 Å². The molecule has 0 aliphatic carbocycles. The average molecular weight is 578 g/mol. The Kier molecular flexibility index (Phi) is 6.17. The Bertz CT molecular complexity index is 822. The number of carbonyl (C=O) groups is 1. The fraction of sp³-hybridized carbons (Fsp3) is 0.0588. The summed E-state index contributed by atoms with van der Waals surface area (Å²) in [5.41, 5.74) is 2.00. The van der Waals surface area contributed by atoms with Crippen LogP contribution in [0, 0.1) is 7.14 Å². The highest BCUT2D eigenvalue weighted by molar-refractivity contribution is 14.1. The van der Waals surface area contributed by atoms with Crippen molar-refractivity contribution in [2.24, 2.45) is 0 Å². The number of nitrogens with zero attached hydrogens (tertiary/aromatic N) is 1. The Morgan fingerprint density at radius 2 is 1.83 bits per heavy atom. The largest absolute Gasteiger partial charge is 0.366 e. The molecule has 3 rings (SSSR count). The summed E-state index contributed by atoms with van der Waals surface area (Å²) in [6.45, 7) is 0.370. The van der Waals surface area contributed by atoms with Crippen LogP contribution in [-0.2, 0) is 4.79 Å². The number of amides is 1. The molecule has 1 amide bonds. The van der Waals surface area contributed by atoms with Crippen LogP contribution in [0.3, 0.4) is 0 Å². The summed E-state index contributed by atoms with van der Waals surface area (Å²) in [4.78, 5) is 14.9. The fourth-order valence-corrected chi connectivity index (χ4v) is 4.31. The molecular weight excluding hydrogens is 566 g/mol. The minimum absolute atomic E-state index is 0.0537. The van der Waals surface area contributed by atoms with Crippen molar-refractivity contribution in [2.45, 2.75) is 0 Å². The number of carbonyl (C=O) groups excluding carboxylic acids is 1. The Labute approximate surface area is 177 Å². The van der Waals surface area contributed by atoms with Crippen LogP contribution in [0.1, 0.15) is 5.56 Å². The molecule has 0 radical (unpaired) electrons. The highest BCUT2D eigenvalue weighted by atomic mass is 127. The molecule has 0 spiro atoms. The summed E-state index contributed by atoms with van der Waals surface area (Å²) in [7, 11) is 0. The van der Waals surface area contributed by atoms with Crippen LogP contribution >= 0.6 is 69.2 Å². The topological polar surface area (TPSA) is 32.3 Å². The first-order chi connectivity index (χ1) is 11.5. The standard InChI is InChI=1S/C17H12I2N2OS2/c18-12-7-5-11(6-8-12)9-15-16(22)21(17(23)24-15)10-20-14-4-2-1-3-13(14)19/h1-9,20H,10H2/b15-9-. The third kappa shape index (κ3) is 4.30. The Morgan fingerprint density at radius 3 is 2.54 bits per heavy atom. The maximum Gasteiger partial charge on any atom is 0.267 e. The molecule has 0 bridgehead atoms. The van der Waals surface area contributed by atoms with Crippen LogP contribution in [0.5, 0.6) is 0 Å². The third-order valence-electron chi connectivity index (χ3n) is 3.34. The van der Waals surface area contributed by atoms with Crippen LogP contribution in [0.15, 0.2) is 53.4 Å². The van der Waals surface area contributed by atoms with Gasteiger partial charge in [-0.05, 0) is 81.1 Å². The molecule has 0 unspecified atom stereocenters. The van der Waals surface area contributed by atoms with Crippen LogP contribution in [0.25, 0.3) is 6.08 Å². The minimum Gasteiger partial charge on any atom is -0.366 e. The summed E-state index contributed by atoms with van der Waals surface area (Å²) in [6.07, 6.45) is 1.89. The average Bonchev–Trinajstić information content (AvgIpc) is 2.83. The molecule has 1 aliphatic rings. The van der Waals surface area contributed by atoms with E-state index in [0.29, 0.717) is 15.9 Å². The monoisotopic (exact) mass is 578 g/mol. The number of benzene rings is 2. The predicted molar refractivity (Wildman–Crippen MR) is 122 cm³/mol. The summed E-state index contributed by atoms with van der Waals surface area (Å²) in [6, 6.07) is 16.0. The second-order valence-electron chi connectivity index (χ2n) is 4.98. The molecule has 1 saturated heterocycles. The smallest absolute Gasteiger partial charge is 0.267 e. The third-order valence-corrected chi connectivity index (χ3v) is 6.38. The van der Waals surface area contributed by atoms with E-state index in [1.54, 1.807) is 4.90 Å². The van der Waals surface area contributed by atoms with Crippen molar-refractivity contribution >= 4 is 91.2 Å². The molecule has 24 heavy (non-hydrogen) atoms. The zero-order chi connectivity index (χ0) is 17.1. The quantitative estimate of drug-likeness (QED) is 0.309. The van der Waals surface area contributed by atoms with E-state index < -0.39 is 0 Å². The highest BCUT2D eigenvalue weighted by Gasteiger charge is 2.31. The van der Waals surface area contributed by atoms with Gasteiger partial charge in [-0.2, -0.15) is 0 Å². The van der Waals surface area contributed by atoms with Gasteiger partial charge in [0.15, 0.2) is 0 Å². The van der Waals surface area contributed by atoms with E-state index in [9.17, 15) is 4.79 Å². The van der Waals surface area contributed by atoms with E-state index in [1.165, 1.54) is 15.3 Å². The molecular formula is C17H12I2N2OS2. The van der Waals surface area contributed by atoms with Crippen molar-refractivity contribution < 1.29 is 4.79 Å². The van der Waals surface area contributed by atoms with Crippen LogP contribution in [0.2, 0.25) is 0 Å². The van der Waals surface area contributed by atoms with E-state index in [1.807, 2.05) is 54.6 Å². The lowest BCUT2D eigenvalue weighted by atomic mass is 10.2. The number of anilines is 1. The molecule has 1 heterocycles. The number of thiocarbonyl (C=S) groups is 1. The van der Waals surface area contributed by atoms with Gasteiger partial charge in [0.1, 0.15) is 4.32 Å². The maximum atomic E-state index is 12.6. The van der Waals surface area contributed by atoms with Crippen LogP contribution in [0.4, 0.5) is 5.69 Å². The van der Waals surface area contributed by atoms with Gasteiger partial charge in [-0.3, -0.25) is 9.69 Å². The first kappa shape index (κ1) is 18.2. The number of halogens is 2. The lowest BCUT2D eigenvalue weighted by molar-refractivity contribution is -0.121. The van der Waals surface area contributed by atoms with Crippen molar-refractivity contribution in [2.75, 3.05) is 12.0 Å². The SMILES string of the molecule is O=C1/C(=C/c2ccc(I)cc2)SC(=S)N1CNc1ccccc1I. The van der Waals surface area contributed by atoms with E-state index in [-0.39, 0.29) is 5.91 Å². The van der Waals surface area contributed by atoms with E-state index in [0.717, 1.165) is 14.8 Å². The van der Waals surface area contributed by atoms with E-state index >= 15 is 0 Å². The van der Waals surface area contributed by atoms with Crippen molar-refractivity contribution in [3.63, 3.8) is 0 Å². The van der Waals surface area contributed by atoms with Gasteiger partial charge in [-0.25, -0.2) is 0 Å². The summed E-state index contributed by atoms with van der Waals surface area (Å²) < 4.78 is 2.85. The predicted octanol–water partition coefficient (Wildman–Crippen LogP) is 5.17. The molecule has 0 atom stereocenters. The second-order valence-corrected chi connectivity index (χ2v) is 9.06. The van der Waals surface area contributed by atoms with Gasteiger partial charge in [-0.15, -0.1) is 0 Å². The Hall–Kier alpha value is -0.650. The van der Waals surface area contributed by atoms with Gasteiger partial charge < -0.3 is 5.32 Å². The number of nitrogens with one attached hydrogen (secondary N) is 1. The lowest BCUT2D eigenvalue weighted by Crippen LogP contribution is -2.33. The molecule has 122 valence electrons. The van der Waals surface area contributed by atoms with Gasteiger partial charge in [-0.1, -0.05) is 48.2 Å². The maximum absolute atomic E-state index is 12.6. The van der Waals surface area contributed by atoms with Gasteiger partial charge in [0.25, 0.3) is 5.91 Å². The first-order valence-corrected chi connectivity index (χ1v) is 10.4. The minimum atomic E-state index is -0.0537. The van der Waals surface area contributed by atoms with Crippen LogP contribution in [-0.4, -0.2) is 21.8 Å². The molecule has 0 aromatic heterocycles. The molecule has 1 aliphatic heterocycles. The number of hydrogen-bond acceptors (Lipinski definition) is 4. The van der Waals surface area contributed by atoms with Crippen molar-refractivity contribution in [1.82, 2.24) is 4.90 Å². The molecule has 1 N–H and O–H groups in total. The zero-order valence-electron chi connectivity index (χ0n) is 12.3. The fourth-order valence-electron chi connectivity index (χ4n) is 2.12. The van der Waals surface area contributed by atoms with Gasteiger partial charge in [0.2, 0.25) is 0 Å². The second kappa shape index (κ2) is 8.15. The zero-order valence-corrected chi connectivity index (χ0v) is 18.3. The number of para-hydroxylation sites is 1.